The van der Waals surface area contributed by atoms with Crippen molar-refractivity contribution in [1.29, 1.82) is 0 Å². The molecule has 0 aliphatic heterocycles. The molecule has 0 aliphatic carbocycles. The molecule has 1 aromatic rings. The Hall–Kier alpha value is -1.11. The minimum atomic E-state index is -3.80. The van der Waals surface area contributed by atoms with Crippen molar-refractivity contribution in [3.8, 4) is 0 Å². The topological polar surface area (TPSA) is 109 Å². The van der Waals surface area contributed by atoms with E-state index in [1.807, 2.05) is 11.5 Å². The highest BCUT2D eigenvalue weighted by Gasteiger charge is 2.32. The van der Waals surface area contributed by atoms with Crippen molar-refractivity contribution in [2.45, 2.75) is 32.2 Å². The molecule has 0 saturated carbocycles. The molecule has 8 heteroatoms. The van der Waals surface area contributed by atoms with Gasteiger partial charge in [0.1, 0.15) is 0 Å². The summed E-state index contributed by atoms with van der Waals surface area (Å²) in [6.07, 6.45) is 3.56. The Kier molecular flexibility index (Phi) is 6.64. The van der Waals surface area contributed by atoms with Crippen molar-refractivity contribution in [2.75, 3.05) is 12.8 Å². The fourth-order valence-corrected chi connectivity index (χ4v) is 2.83. The highest BCUT2D eigenvalue weighted by molar-refractivity contribution is 7.52. The number of ketones is 1. The molecule has 0 radical (unpaired) electrons. The van der Waals surface area contributed by atoms with Crippen LogP contribution < -0.4 is 5.48 Å². The molecule has 1 rings (SSSR count). The van der Waals surface area contributed by atoms with Crippen LogP contribution in [0.15, 0.2) is 24.5 Å². The zero-order valence-electron chi connectivity index (χ0n) is 12.2. The number of nitrogens with one attached hydrogen (secondary N) is 1. The van der Waals surface area contributed by atoms with Gasteiger partial charge in [-0.1, -0.05) is 6.07 Å². The van der Waals surface area contributed by atoms with Gasteiger partial charge in [0.05, 0.1) is 18.3 Å². The largest absolute Gasteiger partial charge is 0.328 e. The molecule has 2 atom stereocenters. The Balaban J connectivity index is 2.43. The van der Waals surface area contributed by atoms with Crippen molar-refractivity contribution in [3.63, 3.8) is 0 Å². The summed E-state index contributed by atoms with van der Waals surface area (Å²) in [6.45, 7) is 2.85. The van der Waals surface area contributed by atoms with Crippen LogP contribution in [-0.4, -0.2) is 39.2 Å². The van der Waals surface area contributed by atoms with Gasteiger partial charge in [-0.25, -0.2) is 0 Å². The summed E-state index contributed by atoms with van der Waals surface area (Å²) in [5, 5.41) is 8.99. The van der Waals surface area contributed by atoms with Gasteiger partial charge in [0, 0.05) is 12.4 Å². The van der Waals surface area contributed by atoms with Gasteiger partial charge in [0.2, 0.25) is 0 Å². The van der Waals surface area contributed by atoms with Crippen LogP contribution in [0.2, 0.25) is 0 Å². The molecule has 0 fully saturated rings. The van der Waals surface area contributed by atoms with E-state index >= 15 is 0 Å². The van der Waals surface area contributed by atoms with E-state index in [2.05, 4.69) is 4.98 Å². The van der Waals surface area contributed by atoms with E-state index < -0.39 is 13.1 Å². The second kappa shape index (κ2) is 7.77. The minimum Gasteiger partial charge on any atom is -0.324 e. The molecule has 0 bridgehead atoms. The van der Waals surface area contributed by atoms with Gasteiger partial charge in [-0.15, -0.1) is 0 Å². The zero-order chi connectivity index (χ0) is 15.9. The number of hydrogen-bond acceptors (Lipinski definition) is 6. The molecule has 3 N–H and O–H groups in total. The van der Waals surface area contributed by atoms with E-state index in [0.29, 0.717) is 6.42 Å². The third-order valence-corrected chi connectivity index (χ3v) is 4.70. The quantitative estimate of drug-likeness (QED) is 0.468. The van der Waals surface area contributed by atoms with Crippen molar-refractivity contribution in [3.05, 3.63) is 30.1 Å². The Morgan fingerprint density at radius 2 is 2.29 bits per heavy atom. The number of hydroxylamine groups is 1. The van der Waals surface area contributed by atoms with Crippen molar-refractivity contribution < 1.29 is 24.0 Å². The lowest BCUT2D eigenvalue weighted by Gasteiger charge is -2.25. The molecule has 2 unspecified atom stereocenters. The molecule has 21 heavy (non-hydrogen) atoms. The summed E-state index contributed by atoms with van der Waals surface area (Å²) in [5.41, 5.74) is 1.55. The van der Waals surface area contributed by atoms with Crippen LogP contribution in [-0.2, 0) is 20.3 Å². The van der Waals surface area contributed by atoms with Crippen LogP contribution in [0.1, 0.15) is 25.8 Å². The van der Waals surface area contributed by atoms with E-state index in [0.717, 1.165) is 5.56 Å². The lowest BCUT2D eigenvalue weighted by molar-refractivity contribution is -0.127. The molecule has 118 valence electrons. The normalized spacial score (nSPS) is 17.0. The minimum absolute atomic E-state index is 0.000492. The van der Waals surface area contributed by atoms with Crippen molar-refractivity contribution in [2.24, 2.45) is 0 Å². The van der Waals surface area contributed by atoms with Gasteiger partial charge in [0.25, 0.3) is 0 Å². The summed E-state index contributed by atoms with van der Waals surface area (Å²) in [4.78, 5) is 25.0. The maximum atomic E-state index is 11.9. The lowest BCUT2D eigenvalue weighted by atomic mass is 9.96. The first kappa shape index (κ1) is 17.9. The Morgan fingerprint density at radius 3 is 2.81 bits per heavy atom. The number of carbonyl (C=O) groups is 1. The van der Waals surface area contributed by atoms with Gasteiger partial charge >= 0.3 is 7.60 Å². The van der Waals surface area contributed by atoms with Crippen LogP contribution in [0.25, 0.3) is 0 Å². The smallest absolute Gasteiger partial charge is 0.324 e. The van der Waals surface area contributed by atoms with E-state index in [-0.39, 0.29) is 25.0 Å². The van der Waals surface area contributed by atoms with Gasteiger partial charge in [0.15, 0.2) is 5.78 Å². The maximum Gasteiger partial charge on any atom is 0.328 e. The van der Waals surface area contributed by atoms with Gasteiger partial charge in [-0.3, -0.25) is 14.3 Å². The van der Waals surface area contributed by atoms with E-state index in [9.17, 15) is 14.3 Å². The highest BCUT2D eigenvalue weighted by atomic mass is 31.2. The number of pyridine rings is 1. The van der Waals surface area contributed by atoms with Crippen LogP contribution in [0.4, 0.5) is 0 Å². The fourth-order valence-electron chi connectivity index (χ4n) is 1.59. The molecule has 0 spiro atoms. The summed E-state index contributed by atoms with van der Waals surface area (Å²) >= 11 is 0. The third kappa shape index (κ3) is 6.03. The fraction of sp³-hybridized carbons (Fsp3) is 0.538. The molecule has 1 aromatic heterocycles. The van der Waals surface area contributed by atoms with Gasteiger partial charge in [-0.05, 0) is 38.3 Å². The Morgan fingerprint density at radius 1 is 1.57 bits per heavy atom. The molecular formula is C13H21N2O5P. The maximum absolute atomic E-state index is 11.9. The zero-order valence-corrected chi connectivity index (χ0v) is 13.0. The average Bonchev–Trinajstić information content (AvgIpc) is 2.45. The monoisotopic (exact) mass is 316 g/mol. The first-order valence-corrected chi connectivity index (χ1v) is 8.33. The third-order valence-electron chi connectivity index (χ3n) is 3.32. The number of aromatic nitrogens is 1. The lowest BCUT2D eigenvalue weighted by Crippen LogP contribution is -2.47. The van der Waals surface area contributed by atoms with E-state index in [1.54, 1.807) is 18.5 Å². The first-order valence-electron chi connectivity index (χ1n) is 6.57. The summed E-state index contributed by atoms with van der Waals surface area (Å²) in [7, 11) is -3.80. The second-order valence-electron chi connectivity index (χ2n) is 5.06. The number of hydrogen-bond donors (Lipinski definition) is 3. The predicted octanol–water partition coefficient (Wildman–Crippen LogP) is 1.54. The van der Waals surface area contributed by atoms with Gasteiger partial charge in [-0.2, -0.15) is 5.48 Å². The number of rotatable bonds is 9. The molecular weight excluding hydrogens is 295 g/mol. The molecule has 1 heterocycles. The van der Waals surface area contributed by atoms with Crippen LogP contribution in [0, 0.1) is 0 Å². The molecule has 0 aliphatic rings. The van der Waals surface area contributed by atoms with E-state index in [4.69, 9.17) is 9.73 Å². The van der Waals surface area contributed by atoms with Crippen LogP contribution >= 0.6 is 7.60 Å². The number of nitrogens with zero attached hydrogens (tertiary/aromatic N) is 1. The number of Topliss-reactive ketones (excluding diaryl/α,β-unsaturated/α-hetero) is 1. The van der Waals surface area contributed by atoms with Crippen molar-refractivity contribution >= 4 is 13.4 Å². The second-order valence-corrected chi connectivity index (χ2v) is 7.04. The predicted molar refractivity (Wildman–Crippen MR) is 77.2 cm³/mol. The highest BCUT2D eigenvalue weighted by Crippen LogP contribution is 2.43. The Bertz CT molecular complexity index is 511. The van der Waals surface area contributed by atoms with Gasteiger partial charge < -0.3 is 14.6 Å². The first-order chi connectivity index (χ1) is 9.79. The van der Waals surface area contributed by atoms with Crippen molar-refractivity contribution in [1.82, 2.24) is 10.5 Å². The molecule has 0 aromatic carbocycles. The molecule has 0 amide bonds. The molecule has 7 nitrogen and oxygen atoms in total. The molecule has 0 saturated heterocycles. The SMILES string of the molecule is CC(=O)C(C)(CCP(=O)(O)OCCc1cccnc1)NO. The summed E-state index contributed by atoms with van der Waals surface area (Å²) in [6, 6.07) is 3.63. The Labute approximate surface area is 123 Å². The number of carbonyl (C=O) groups excluding carboxylic acids is 1. The van der Waals surface area contributed by atoms with Crippen LogP contribution in [0.5, 0.6) is 0 Å². The summed E-state index contributed by atoms with van der Waals surface area (Å²) < 4.78 is 16.9. The van der Waals surface area contributed by atoms with E-state index in [1.165, 1.54) is 13.8 Å². The standard InChI is InChI=1S/C13H21N2O5P/c1-11(16)13(2,15-17)6-9-21(18,19)20-8-5-12-4-3-7-14-10-12/h3-4,7,10,15,17H,5-6,8-9H2,1-2H3,(H,18,19). The average molecular weight is 316 g/mol. The summed E-state index contributed by atoms with van der Waals surface area (Å²) in [5.74, 6) is -0.319. The van der Waals surface area contributed by atoms with Crippen LogP contribution in [0.3, 0.4) is 0 Å².